The molecule has 0 bridgehead atoms. The normalized spacial score (nSPS) is 15.8. The van der Waals surface area contributed by atoms with Gasteiger partial charge in [0.15, 0.2) is 5.69 Å². The summed E-state index contributed by atoms with van der Waals surface area (Å²) in [6.45, 7) is 3.07. The van der Waals surface area contributed by atoms with Crippen molar-refractivity contribution in [3.05, 3.63) is 41.3 Å². The maximum Gasteiger partial charge on any atom is 0.421 e. The van der Waals surface area contributed by atoms with Crippen LogP contribution in [0.4, 0.5) is 13.2 Å². The van der Waals surface area contributed by atoms with Gasteiger partial charge < -0.3 is 9.64 Å². The number of nitrogens with zero attached hydrogens (tertiary/aromatic N) is 4. The molecule has 0 aliphatic carbocycles. The quantitative estimate of drug-likeness (QED) is 0.816. The van der Waals surface area contributed by atoms with Crippen LogP contribution in [0, 0.1) is 12.8 Å². The van der Waals surface area contributed by atoms with E-state index in [4.69, 9.17) is 4.74 Å². The lowest BCUT2D eigenvalue weighted by Crippen LogP contribution is -2.40. The van der Waals surface area contributed by atoms with Gasteiger partial charge in [-0.25, -0.2) is 4.98 Å². The predicted octanol–water partition coefficient (Wildman–Crippen LogP) is 3.07. The highest BCUT2D eigenvalue weighted by Gasteiger charge is 2.35. The largest absolute Gasteiger partial charge is 0.477 e. The molecule has 3 heterocycles. The smallest absolute Gasteiger partial charge is 0.421 e. The molecule has 0 N–H and O–H groups in total. The number of hydrogen-bond donors (Lipinski definition) is 0. The minimum absolute atomic E-state index is 0.0719. The van der Waals surface area contributed by atoms with Crippen LogP contribution in [-0.4, -0.2) is 45.3 Å². The molecule has 146 valence electrons. The number of pyridine rings is 1. The SMILES string of the molecule is Cc1cc(C(=O)N2CCC(COc3ncccc3C(F)(F)F)CC2)nn1C. The number of alkyl halides is 3. The van der Waals surface area contributed by atoms with Crippen molar-refractivity contribution in [3.8, 4) is 5.88 Å². The van der Waals surface area contributed by atoms with E-state index in [9.17, 15) is 18.0 Å². The topological polar surface area (TPSA) is 60.3 Å². The van der Waals surface area contributed by atoms with Crippen LogP contribution in [-0.2, 0) is 13.2 Å². The van der Waals surface area contributed by atoms with Crippen molar-refractivity contribution in [1.29, 1.82) is 0 Å². The summed E-state index contributed by atoms with van der Waals surface area (Å²) in [5.41, 5.74) is 0.439. The van der Waals surface area contributed by atoms with Crippen molar-refractivity contribution in [3.63, 3.8) is 0 Å². The van der Waals surface area contributed by atoms with Crippen LogP contribution in [0.5, 0.6) is 5.88 Å². The van der Waals surface area contributed by atoms with Gasteiger partial charge in [0.2, 0.25) is 5.88 Å². The Kier molecular flexibility index (Phi) is 5.38. The molecule has 3 rings (SSSR count). The Morgan fingerprint density at radius 1 is 1.33 bits per heavy atom. The summed E-state index contributed by atoms with van der Waals surface area (Å²) in [7, 11) is 1.78. The molecule has 9 heteroatoms. The fraction of sp³-hybridized carbons (Fsp3) is 0.500. The standard InChI is InChI=1S/C18H21F3N4O2/c1-12-10-15(23-24(12)2)17(26)25-8-5-13(6-9-25)11-27-16-14(18(19,20)21)4-3-7-22-16/h3-4,7,10,13H,5-6,8-9,11H2,1-2H3. The minimum Gasteiger partial charge on any atom is -0.477 e. The number of ether oxygens (including phenoxy) is 1. The maximum absolute atomic E-state index is 13.0. The summed E-state index contributed by atoms with van der Waals surface area (Å²) in [4.78, 5) is 17.9. The Balaban J connectivity index is 1.54. The van der Waals surface area contributed by atoms with Crippen LogP contribution in [0.2, 0.25) is 0 Å². The highest BCUT2D eigenvalue weighted by molar-refractivity contribution is 5.92. The fourth-order valence-corrected chi connectivity index (χ4v) is 3.05. The van der Waals surface area contributed by atoms with Gasteiger partial charge in [-0.05, 0) is 43.9 Å². The summed E-state index contributed by atoms with van der Waals surface area (Å²) >= 11 is 0. The Labute approximate surface area is 154 Å². The molecule has 0 radical (unpaired) electrons. The van der Waals surface area contributed by atoms with Crippen LogP contribution in [0.25, 0.3) is 0 Å². The molecule has 1 amide bonds. The van der Waals surface area contributed by atoms with Crippen LogP contribution >= 0.6 is 0 Å². The Bertz CT molecular complexity index is 792. The third-order valence-corrected chi connectivity index (χ3v) is 4.77. The van der Waals surface area contributed by atoms with Gasteiger partial charge >= 0.3 is 6.18 Å². The zero-order valence-corrected chi connectivity index (χ0v) is 15.2. The first-order valence-electron chi connectivity index (χ1n) is 8.70. The van der Waals surface area contributed by atoms with E-state index in [0.29, 0.717) is 31.6 Å². The average molecular weight is 382 g/mol. The summed E-state index contributed by atoms with van der Waals surface area (Å²) in [6, 6.07) is 3.94. The Hall–Kier alpha value is -2.58. The van der Waals surface area contributed by atoms with Crippen molar-refractivity contribution in [2.75, 3.05) is 19.7 Å². The zero-order chi connectivity index (χ0) is 19.6. The van der Waals surface area contributed by atoms with Crippen molar-refractivity contribution >= 4 is 5.91 Å². The second-order valence-electron chi connectivity index (χ2n) is 6.70. The molecule has 1 aliphatic rings. The van der Waals surface area contributed by atoms with Crippen molar-refractivity contribution < 1.29 is 22.7 Å². The number of amides is 1. The molecule has 2 aromatic heterocycles. The van der Waals surface area contributed by atoms with Gasteiger partial charge in [-0.15, -0.1) is 0 Å². The zero-order valence-electron chi connectivity index (χ0n) is 15.2. The van der Waals surface area contributed by atoms with E-state index in [1.807, 2.05) is 6.92 Å². The lowest BCUT2D eigenvalue weighted by Gasteiger charge is -2.31. The molecule has 1 saturated heterocycles. The molecule has 6 nitrogen and oxygen atoms in total. The van der Waals surface area contributed by atoms with E-state index in [2.05, 4.69) is 10.1 Å². The predicted molar refractivity (Wildman–Crippen MR) is 91.3 cm³/mol. The lowest BCUT2D eigenvalue weighted by molar-refractivity contribution is -0.139. The number of aromatic nitrogens is 3. The number of piperidine rings is 1. The van der Waals surface area contributed by atoms with Gasteiger partial charge in [-0.2, -0.15) is 18.3 Å². The van der Waals surface area contributed by atoms with Gasteiger partial charge in [0.05, 0.1) is 6.61 Å². The van der Waals surface area contributed by atoms with Gasteiger partial charge in [0, 0.05) is 32.0 Å². The molecule has 1 aliphatic heterocycles. The monoisotopic (exact) mass is 382 g/mol. The number of carbonyl (C=O) groups is 1. The van der Waals surface area contributed by atoms with Crippen molar-refractivity contribution in [2.45, 2.75) is 25.9 Å². The second kappa shape index (κ2) is 7.58. The van der Waals surface area contributed by atoms with E-state index in [1.54, 1.807) is 22.7 Å². The van der Waals surface area contributed by atoms with E-state index in [-0.39, 0.29) is 18.4 Å². The second-order valence-corrected chi connectivity index (χ2v) is 6.70. The number of carbonyl (C=O) groups excluding carboxylic acids is 1. The summed E-state index contributed by atoms with van der Waals surface area (Å²) < 4.78 is 45.9. The van der Waals surface area contributed by atoms with E-state index < -0.39 is 17.6 Å². The first-order chi connectivity index (χ1) is 12.8. The van der Waals surface area contributed by atoms with E-state index >= 15 is 0 Å². The molecule has 0 atom stereocenters. The maximum atomic E-state index is 13.0. The summed E-state index contributed by atoms with van der Waals surface area (Å²) in [6.07, 6.45) is -1.90. The molecule has 0 aromatic carbocycles. The Morgan fingerprint density at radius 3 is 2.63 bits per heavy atom. The minimum atomic E-state index is -4.50. The molecule has 2 aromatic rings. The molecule has 1 fully saturated rings. The van der Waals surface area contributed by atoms with E-state index in [1.165, 1.54) is 12.3 Å². The highest BCUT2D eigenvalue weighted by Crippen LogP contribution is 2.35. The van der Waals surface area contributed by atoms with E-state index in [0.717, 1.165) is 11.8 Å². The Morgan fingerprint density at radius 2 is 2.04 bits per heavy atom. The fourth-order valence-electron chi connectivity index (χ4n) is 3.05. The highest BCUT2D eigenvalue weighted by atomic mass is 19.4. The van der Waals surface area contributed by atoms with Crippen LogP contribution < -0.4 is 4.74 Å². The number of hydrogen-bond acceptors (Lipinski definition) is 4. The van der Waals surface area contributed by atoms with Crippen LogP contribution in [0.1, 0.15) is 34.6 Å². The van der Waals surface area contributed by atoms with Gasteiger partial charge in [-0.3, -0.25) is 9.48 Å². The third kappa shape index (κ3) is 4.40. The molecular weight excluding hydrogens is 361 g/mol. The lowest BCUT2D eigenvalue weighted by atomic mass is 9.97. The third-order valence-electron chi connectivity index (χ3n) is 4.77. The number of halogens is 3. The first-order valence-corrected chi connectivity index (χ1v) is 8.70. The summed E-state index contributed by atoms with van der Waals surface area (Å²) in [5, 5.41) is 4.20. The molecule has 27 heavy (non-hydrogen) atoms. The molecule has 0 saturated carbocycles. The van der Waals surface area contributed by atoms with Crippen molar-refractivity contribution in [2.24, 2.45) is 13.0 Å². The number of likely N-dealkylation sites (tertiary alicyclic amines) is 1. The van der Waals surface area contributed by atoms with Gasteiger partial charge in [0.1, 0.15) is 5.56 Å². The van der Waals surface area contributed by atoms with Crippen molar-refractivity contribution in [1.82, 2.24) is 19.7 Å². The molecular formula is C18H21F3N4O2. The first kappa shape index (κ1) is 19.2. The number of aryl methyl sites for hydroxylation is 2. The number of rotatable bonds is 4. The molecule has 0 unspecified atom stereocenters. The van der Waals surface area contributed by atoms with Gasteiger partial charge in [-0.1, -0.05) is 0 Å². The molecule has 0 spiro atoms. The van der Waals surface area contributed by atoms with Crippen LogP contribution in [0.3, 0.4) is 0 Å². The van der Waals surface area contributed by atoms with Gasteiger partial charge in [0.25, 0.3) is 5.91 Å². The summed E-state index contributed by atoms with van der Waals surface area (Å²) in [5.74, 6) is -0.447. The van der Waals surface area contributed by atoms with Crippen LogP contribution in [0.15, 0.2) is 24.4 Å². The average Bonchev–Trinajstić information content (AvgIpc) is 2.98.